The number of likely N-dealkylation sites (tertiary alicyclic amines) is 1. The molecule has 1 fully saturated rings. The Morgan fingerprint density at radius 3 is 2.62 bits per heavy atom. The number of benzene rings is 1. The molecule has 0 radical (unpaired) electrons. The van der Waals surface area contributed by atoms with Gasteiger partial charge in [-0.3, -0.25) is 9.78 Å². The molecule has 0 aliphatic carbocycles. The normalized spacial score (nSPS) is 14.8. The third kappa shape index (κ3) is 4.07. The molecule has 6 nitrogen and oxygen atoms in total. The van der Waals surface area contributed by atoms with Crippen LogP contribution in [0.1, 0.15) is 30.1 Å². The van der Waals surface area contributed by atoms with Crippen LogP contribution in [0.15, 0.2) is 36.7 Å². The predicted molar refractivity (Wildman–Crippen MR) is 101 cm³/mol. The standard InChI is InChI=1S/C20H25N3O3/c1-14-6-8-23(9-7-14)20(24)15-10-16(13-21-12-15)22-18-11-17(25-2)4-5-19(18)26-3/h4-5,10-14,22H,6-9H2,1-3H3. The number of hydrogen-bond acceptors (Lipinski definition) is 5. The van der Waals surface area contributed by atoms with Crippen LogP contribution in [0.3, 0.4) is 0 Å². The quantitative estimate of drug-likeness (QED) is 0.886. The average Bonchev–Trinajstić information content (AvgIpc) is 2.68. The number of piperidine rings is 1. The van der Waals surface area contributed by atoms with Gasteiger partial charge < -0.3 is 19.7 Å². The minimum Gasteiger partial charge on any atom is -0.497 e. The third-order valence-corrected chi connectivity index (χ3v) is 4.74. The monoisotopic (exact) mass is 355 g/mol. The SMILES string of the molecule is COc1ccc(OC)c(Nc2cncc(C(=O)N3CCC(C)CC3)c2)c1. The second-order valence-corrected chi connectivity index (χ2v) is 6.63. The molecule has 138 valence electrons. The predicted octanol–water partition coefficient (Wildman–Crippen LogP) is 3.71. The molecular formula is C20H25N3O3. The zero-order chi connectivity index (χ0) is 18.5. The highest BCUT2D eigenvalue weighted by Crippen LogP contribution is 2.31. The lowest BCUT2D eigenvalue weighted by Crippen LogP contribution is -2.37. The van der Waals surface area contributed by atoms with E-state index in [1.807, 2.05) is 29.2 Å². The minimum absolute atomic E-state index is 0.0330. The molecule has 1 amide bonds. The number of hydrogen-bond donors (Lipinski definition) is 1. The summed E-state index contributed by atoms with van der Waals surface area (Å²) in [4.78, 5) is 18.9. The smallest absolute Gasteiger partial charge is 0.255 e. The lowest BCUT2D eigenvalue weighted by molar-refractivity contribution is 0.0697. The highest BCUT2D eigenvalue weighted by atomic mass is 16.5. The van der Waals surface area contributed by atoms with Crippen molar-refractivity contribution < 1.29 is 14.3 Å². The van der Waals surface area contributed by atoms with E-state index in [-0.39, 0.29) is 5.91 Å². The summed E-state index contributed by atoms with van der Waals surface area (Å²) in [7, 11) is 3.23. The molecule has 1 aliphatic heterocycles. The molecule has 1 N–H and O–H groups in total. The van der Waals surface area contributed by atoms with E-state index in [4.69, 9.17) is 9.47 Å². The zero-order valence-corrected chi connectivity index (χ0v) is 15.5. The Labute approximate surface area is 154 Å². The van der Waals surface area contributed by atoms with Crippen molar-refractivity contribution in [2.75, 3.05) is 32.6 Å². The fourth-order valence-electron chi connectivity index (χ4n) is 3.09. The van der Waals surface area contributed by atoms with Crippen LogP contribution >= 0.6 is 0 Å². The highest BCUT2D eigenvalue weighted by molar-refractivity contribution is 5.95. The van der Waals surface area contributed by atoms with E-state index in [0.29, 0.717) is 17.2 Å². The van der Waals surface area contributed by atoms with E-state index in [1.54, 1.807) is 26.6 Å². The van der Waals surface area contributed by atoms with Crippen LogP contribution in [0.25, 0.3) is 0 Å². The Morgan fingerprint density at radius 1 is 1.15 bits per heavy atom. The Balaban J connectivity index is 1.78. The summed E-state index contributed by atoms with van der Waals surface area (Å²) in [5.41, 5.74) is 2.07. The maximum Gasteiger partial charge on any atom is 0.255 e. The number of aromatic nitrogens is 1. The molecule has 1 saturated heterocycles. The second-order valence-electron chi connectivity index (χ2n) is 6.63. The van der Waals surface area contributed by atoms with Gasteiger partial charge in [-0.15, -0.1) is 0 Å². The summed E-state index contributed by atoms with van der Waals surface area (Å²) in [6, 6.07) is 7.34. The second kappa shape index (κ2) is 8.08. The number of pyridine rings is 1. The van der Waals surface area contributed by atoms with Crippen LogP contribution in [-0.4, -0.2) is 43.1 Å². The van der Waals surface area contributed by atoms with E-state index in [9.17, 15) is 4.79 Å². The Hall–Kier alpha value is -2.76. The van der Waals surface area contributed by atoms with Gasteiger partial charge in [0, 0.05) is 25.4 Å². The van der Waals surface area contributed by atoms with E-state index in [2.05, 4.69) is 17.2 Å². The Kier molecular flexibility index (Phi) is 5.61. The lowest BCUT2D eigenvalue weighted by Gasteiger charge is -2.30. The van der Waals surface area contributed by atoms with Crippen LogP contribution in [0.5, 0.6) is 11.5 Å². The van der Waals surface area contributed by atoms with E-state index < -0.39 is 0 Å². The molecule has 2 heterocycles. The third-order valence-electron chi connectivity index (χ3n) is 4.74. The van der Waals surface area contributed by atoms with Crippen LogP contribution in [-0.2, 0) is 0 Å². The van der Waals surface area contributed by atoms with Gasteiger partial charge in [-0.1, -0.05) is 6.92 Å². The van der Waals surface area contributed by atoms with Crippen molar-refractivity contribution in [1.82, 2.24) is 9.88 Å². The lowest BCUT2D eigenvalue weighted by atomic mass is 9.99. The van der Waals surface area contributed by atoms with Crippen molar-refractivity contribution in [2.24, 2.45) is 5.92 Å². The molecule has 2 aromatic rings. The molecule has 0 atom stereocenters. The van der Waals surface area contributed by atoms with E-state index in [1.165, 1.54) is 0 Å². The molecule has 1 aromatic heterocycles. The fraction of sp³-hybridized carbons (Fsp3) is 0.400. The van der Waals surface area contributed by atoms with Crippen LogP contribution < -0.4 is 14.8 Å². The van der Waals surface area contributed by atoms with Crippen molar-refractivity contribution in [3.8, 4) is 11.5 Å². The molecular weight excluding hydrogens is 330 g/mol. The topological polar surface area (TPSA) is 63.7 Å². The largest absolute Gasteiger partial charge is 0.497 e. The average molecular weight is 355 g/mol. The van der Waals surface area contributed by atoms with Gasteiger partial charge in [0.1, 0.15) is 11.5 Å². The van der Waals surface area contributed by atoms with Gasteiger partial charge in [-0.2, -0.15) is 0 Å². The summed E-state index contributed by atoms with van der Waals surface area (Å²) < 4.78 is 10.7. The number of anilines is 2. The first-order chi connectivity index (χ1) is 12.6. The van der Waals surface area contributed by atoms with Gasteiger partial charge in [0.15, 0.2) is 0 Å². The first-order valence-corrected chi connectivity index (χ1v) is 8.84. The van der Waals surface area contributed by atoms with Gasteiger partial charge in [0.05, 0.1) is 37.4 Å². The molecule has 0 unspecified atom stereocenters. The summed E-state index contributed by atoms with van der Waals surface area (Å²) in [5.74, 6) is 2.12. The molecule has 1 aliphatic rings. The Morgan fingerprint density at radius 2 is 1.92 bits per heavy atom. The first-order valence-electron chi connectivity index (χ1n) is 8.84. The van der Waals surface area contributed by atoms with Crippen LogP contribution in [0.2, 0.25) is 0 Å². The minimum atomic E-state index is 0.0330. The number of carbonyl (C=O) groups is 1. The van der Waals surface area contributed by atoms with Crippen molar-refractivity contribution >= 4 is 17.3 Å². The number of nitrogens with zero attached hydrogens (tertiary/aromatic N) is 2. The number of nitrogens with one attached hydrogen (secondary N) is 1. The number of rotatable bonds is 5. The first kappa shape index (κ1) is 18.0. The zero-order valence-electron chi connectivity index (χ0n) is 15.5. The molecule has 3 rings (SSSR count). The number of ether oxygens (including phenoxy) is 2. The summed E-state index contributed by atoms with van der Waals surface area (Å²) >= 11 is 0. The maximum absolute atomic E-state index is 12.7. The van der Waals surface area contributed by atoms with Crippen LogP contribution in [0.4, 0.5) is 11.4 Å². The molecule has 0 bridgehead atoms. The summed E-state index contributed by atoms with van der Waals surface area (Å²) in [6.07, 6.45) is 5.42. The van der Waals surface area contributed by atoms with E-state index in [0.717, 1.165) is 43.1 Å². The van der Waals surface area contributed by atoms with Crippen molar-refractivity contribution in [1.29, 1.82) is 0 Å². The number of methoxy groups -OCH3 is 2. The fourth-order valence-corrected chi connectivity index (χ4v) is 3.09. The molecule has 6 heteroatoms. The summed E-state index contributed by atoms with van der Waals surface area (Å²) in [6.45, 7) is 3.85. The number of carbonyl (C=O) groups excluding carboxylic acids is 1. The Bertz CT molecular complexity index is 771. The van der Waals surface area contributed by atoms with Crippen LogP contribution in [0, 0.1) is 5.92 Å². The van der Waals surface area contributed by atoms with E-state index >= 15 is 0 Å². The van der Waals surface area contributed by atoms with Gasteiger partial charge in [-0.05, 0) is 37.0 Å². The molecule has 0 spiro atoms. The van der Waals surface area contributed by atoms with Crippen molar-refractivity contribution in [3.05, 3.63) is 42.2 Å². The molecule has 0 saturated carbocycles. The van der Waals surface area contributed by atoms with Gasteiger partial charge in [0.25, 0.3) is 5.91 Å². The maximum atomic E-state index is 12.7. The van der Waals surface area contributed by atoms with Gasteiger partial charge in [-0.25, -0.2) is 0 Å². The molecule has 1 aromatic carbocycles. The number of amides is 1. The van der Waals surface area contributed by atoms with Gasteiger partial charge >= 0.3 is 0 Å². The molecule has 26 heavy (non-hydrogen) atoms. The van der Waals surface area contributed by atoms with Gasteiger partial charge in [0.2, 0.25) is 0 Å². The highest BCUT2D eigenvalue weighted by Gasteiger charge is 2.21. The van der Waals surface area contributed by atoms with Crippen molar-refractivity contribution in [3.63, 3.8) is 0 Å². The van der Waals surface area contributed by atoms with Crippen molar-refractivity contribution in [2.45, 2.75) is 19.8 Å². The summed E-state index contributed by atoms with van der Waals surface area (Å²) in [5, 5.41) is 3.27.